The van der Waals surface area contributed by atoms with E-state index >= 15 is 0 Å². The molecule has 0 bridgehead atoms. The first kappa shape index (κ1) is 16.7. The fraction of sp³-hybridized carbons (Fsp3) is 0.381. The van der Waals surface area contributed by atoms with Crippen LogP contribution in [0.4, 0.5) is 5.69 Å². The number of nitrogens with zero attached hydrogens (tertiary/aromatic N) is 1. The number of carbonyl (C=O) groups excluding carboxylic acids is 1. The molecule has 126 valence electrons. The lowest BCUT2D eigenvalue weighted by molar-refractivity contribution is 0.0971. The number of piperidine rings is 1. The fourth-order valence-electron chi connectivity index (χ4n) is 3.37. The van der Waals surface area contributed by atoms with Crippen molar-refractivity contribution in [2.45, 2.75) is 39.2 Å². The van der Waals surface area contributed by atoms with Gasteiger partial charge in [0, 0.05) is 17.3 Å². The summed E-state index contributed by atoms with van der Waals surface area (Å²) in [7, 11) is 0. The predicted octanol–water partition coefficient (Wildman–Crippen LogP) is 3.96. The third-order valence-electron chi connectivity index (χ3n) is 4.78. The number of amides is 1. The van der Waals surface area contributed by atoms with Gasteiger partial charge in [0.15, 0.2) is 0 Å². The first-order chi connectivity index (χ1) is 11.7. The minimum absolute atomic E-state index is 0.106. The van der Waals surface area contributed by atoms with Gasteiger partial charge < -0.3 is 10.2 Å². The van der Waals surface area contributed by atoms with Gasteiger partial charge in [-0.2, -0.15) is 0 Å². The molecule has 1 aliphatic rings. The summed E-state index contributed by atoms with van der Waals surface area (Å²) >= 11 is 0. The number of carbonyl (C=O) groups is 1. The van der Waals surface area contributed by atoms with E-state index in [-0.39, 0.29) is 11.9 Å². The van der Waals surface area contributed by atoms with Gasteiger partial charge in [0.2, 0.25) is 0 Å². The van der Waals surface area contributed by atoms with Gasteiger partial charge in [-0.25, -0.2) is 0 Å². The number of rotatable bonds is 4. The van der Waals surface area contributed by atoms with Gasteiger partial charge in [0.25, 0.3) is 5.91 Å². The number of hydrogen-bond donors (Lipinski definition) is 1. The molecule has 1 saturated heterocycles. The second-order valence-corrected chi connectivity index (χ2v) is 6.55. The molecule has 0 radical (unpaired) electrons. The van der Waals surface area contributed by atoms with Crippen LogP contribution in [0.3, 0.4) is 0 Å². The third kappa shape index (κ3) is 3.68. The Morgan fingerprint density at radius 2 is 1.83 bits per heavy atom. The first-order valence-corrected chi connectivity index (χ1v) is 8.89. The highest BCUT2D eigenvalue weighted by Gasteiger charge is 2.27. The van der Waals surface area contributed by atoms with Crippen LogP contribution >= 0.6 is 0 Å². The van der Waals surface area contributed by atoms with Gasteiger partial charge in [-0.1, -0.05) is 36.8 Å². The topological polar surface area (TPSA) is 32.3 Å². The molecule has 3 nitrogen and oxygen atoms in total. The van der Waals surface area contributed by atoms with Crippen LogP contribution in [0.15, 0.2) is 48.5 Å². The average Bonchev–Trinajstić information content (AvgIpc) is 2.63. The van der Waals surface area contributed by atoms with E-state index in [4.69, 9.17) is 0 Å². The number of anilines is 1. The molecule has 0 aliphatic carbocycles. The Morgan fingerprint density at radius 1 is 1.12 bits per heavy atom. The summed E-state index contributed by atoms with van der Waals surface area (Å²) in [4.78, 5) is 15.3. The Morgan fingerprint density at radius 3 is 2.46 bits per heavy atom. The smallest absolute Gasteiger partial charge is 0.258 e. The maximum absolute atomic E-state index is 13.3. The SMILES string of the molecule is CCc1ccc(N(C(=O)c2cccc(C)c2)C2CCNCC2)cc1. The summed E-state index contributed by atoms with van der Waals surface area (Å²) in [6.07, 6.45) is 3.00. The van der Waals surface area contributed by atoms with E-state index in [0.717, 1.165) is 49.2 Å². The molecule has 24 heavy (non-hydrogen) atoms. The summed E-state index contributed by atoms with van der Waals surface area (Å²) in [5, 5.41) is 3.39. The molecule has 3 heteroatoms. The van der Waals surface area contributed by atoms with E-state index in [1.54, 1.807) is 0 Å². The number of aryl methyl sites for hydroxylation is 2. The van der Waals surface area contributed by atoms with E-state index in [1.807, 2.05) is 36.1 Å². The Bertz CT molecular complexity index is 687. The molecular weight excluding hydrogens is 296 g/mol. The van der Waals surface area contributed by atoms with Crippen LogP contribution in [0.2, 0.25) is 0 Å². The zero-order chi connectivity index (χ0) is 16.9. The predicted molar refractivity (Wildman–Crippen MR) is 99.7 cm³/mol. The molecule has 1 amide bonds. The van der Waals surface area contributed by atoms with E-state index in [2.05, 4.69) is 36.5 Å². The van der Waals surface area contributed by atoms with Gasteiger partial charge in [-0.05, 0) is 69.1 Å². The molecule has 0 atom stereocenters. The Hall–Kier alpha value is -2.13. The van der Waals surface area contributed by atoms with Crippen molar-refractivity contribution >= 4 is 11.6 Å². The number of nitrogens with one attached hydrogen (secondary N) is 1. The lowest BCUT2D eigenvalue weighted by atomic mass is 10.0. The molecule has 1 fully saturated rings. The van der Waals surface area contributed by atoms with Crippen LogP contribution in [-0.2, 0) is 6.42 Å². The van der Waals surface area contributed by atoms with Crippen LogP contribution in [0.25, 0.3) is 0 Å². The van der Waals surface area contributed by atoms with Gasteiger partial charge >= 0.3 is 0 Å². The van der Waals surface area contributed by atoms with Gasteiger partial charge in [0.05, 0.1) is 0 Å². The molecule has 1 aliphatic heterocycles. The Balaban J connectivity index is 1.95. The zero-order valence-corrected chi connectivity index (χ0v) is 14.6. The second kappa shape index (κ2) is 7.63. The van der Waals surface area contributed by atoms with E-state index < -0.39 is 0 Å². The molecule has 2 aromatic rings. The molecule has 0 aromatic heterocycles. The number of hydrogen-bond acceptors (Lipinski definition) is 2. The Labute approximate surface area is 144 Å². The van der Waals surface area contributed by atoms with E-state index in [0.29, 0.717) is 0 Å². The highest BCUT2D eigenvalue weighted by molar-refractivity contribution is 6.06. The van der Waals surface area contributed by atoms with Gasteiger partial charge in [0.1, 0.15) is 0 Å². The molecule has 3 rings (SSSR count). The average molecular weight is 322 g/mol. The van der Waals surface area contributed by atoms with Gasteiger partial charge in [-0.3, -0.25) is 4.79 Å². The third-order valence-corrected chi connectivity index (χ3v) is 4.78. The molecule has 0 spiro atoms. The molecular formula is C21H26N2O. The maximum atomic E-state index is 13.3. The highest BCUT2D eigenvalue weighted by Crippen LogP contribution is 2.25. The molecule has 0 unspecified atom stereocenters. The molecule has 1 N–H and O–H groups in total. The summed E-state index contributed by atoms with van der Waals surface area (Å²) in [6, 6.07) is 16.6. The van der Waals surface area contributed by atoms with Crippen molar-refractivity contribution in [2.75, 3.05) is 18.0 Å². The first-order valence-electron chi connectivity index (χ1n) is 8.89. The van der Waals surface area contributed by atoms with Crippen molar-refractivity contribution in [3.8, 4) is 0 Å². The van der Waals surface area contributed by atoms with Crippen molar-refractivity contribution in [3.05, 3.63) is 65.2 Å². The lowest BCUT2D eigenvalue weighted by Crippen LogP contribution is -2.46. The van der Waals surface area contributed by atoms with Crippen molar-refractivity contribution in [3.63, 3.8) is 0 Å². The zero-order valence-electron chi connectivity index (χ0n) is 14.6. The van der Waals surface area contributed by atoms with Crippen LogP contribution in [0.5, 0.6) is 0 Å². The van der Waals surface area contributed by atoms with Crippen molar-refractivity contribution in [1.29, 1.82) is 0 Å². The van der Waals surface area contributed by atoms with Crippen LogP contribution in [-0.4, -0.2) is 25.0 Å². The fourth-order valence-corrected chi connectivity index (χ4v) is 3.37. The largest absolute Gasteiger partial charge is 0.317 e. The summed E-state index contributed by atoms with van der Waals surface area (Å²) in [6.45, 7) is 6.11. The summed E-state index contributed by atoms with van der Waals surface area (Å²) in [5.41, 5.74) is 4.19. The van der Waals surface area contributed by atoms with Crippen molar-refractivity contribution in [2.24, 2.45) is 0 Å². The van der Waals surface area contributed by atoms with E-state index in [1.165, 1.54) is 5.56 Å². The van der Waals surface area contributed by atoms with Crippen LogP contribution in [0, 0.1) is 6.92 Å². The molecule has 2 aromatic carbocycles. The van der Waals surface area contributed by atoms with Crippen LogP contribution in [0.1, 0.15) is 41.3 Å². The van der Waals surface area contributed by atoms with Crippen molar-refractivity contribution in [1.82, 2.24) is 5.32 Å². The standard InChI is InChI=1S/C21H26N2O/c1-3-17-7-9-19(10-8-17)23(20-11-13-22-14-12-20)21(24)18-6-4-5-16(2)15-18/h4-10,15,20,22H,3,11-14H2,1-2H3. The monoisotopic (exact) mass is 322 g/mol. The summed E-state index contributed by atoms with van der Waals surface area (Å²) < 4.78 is 0. The molecule has 1 heterocycles. The van der Waals surface area contributed by atoms with Crippen LogP contribution < -0.4 is 10.2 Å². The van der Waals surface area contributed by atoms with Crippen molar-refractivity contribution < 1.29 is 4.79 Å². The normalized spacial score (nSPS) is 15.2. The second-order valence-electron chi connectivity index (χ2n) is 6.55. The van der Waals surface area contributed by atoms with E-state index in [9.17, 15) is 4.79 Å². The van der Waals surface area contributed by atoms with Gasteiger partial charge in [-0.15, -0.1) is 0 Å². The Kier molecular flexibility index (Phi) is 5.31. The maximum Gasteiger partial charge on any atom is 0.258 e. The minimum atomic E-state index is 0.106. The highest BCUT2D eigenvalue weighted by atomic mass is 16.2. The summed E-state index contributed by atoms with van der Waals surface area (Å²) in [5.74, 6) is 0.106. The lowest BCUT2D eigenvalue weighted by Gasteiger charge is -2.35. The minimum Gasteiger partial charge on any atom is -0.317 e. The quantitative estimate of drug-likeness (QED) is 0.924. The number of benzene rings is 2. The molecule has 0 saturated carbocycles.